The lowest BCUT2D eigenvalue weighted by Crippen LogP contribution is -2.50. The van der Waals surface area contributed by atoms with Crippen LogP contribution in [0.3, 0.4) is 0 Å². The van der Waals surface area contributed by atoms with E-state index in [0.717, 1.165) is 16.3 Å². The maximum atomic E-state index is 13.8. The molecule has 0 aliphatic heterocycles. The van der Waals surface area contributed by atoms with Crippen LogP contribution in [0, 0.1) is 23.7 Å². The number of carbonyl (C=O) groups excluding carboxylic acids is 5. The van der Waals surface area contributed by atoms with Crippen molar-refractivity contribution in [2.75, 3.05) is 6.54 Å². The number of amides is 3. The Morgan fingerprint density at radius 2 is 1.50 bits per heavy atom. The summed E-state index contributed by atoms with van der Waals surface area (Å²) in [5.41, 5.74) is 12.2. The van der Waals surface area contributed by atoms with Gasteiger partial charge in [-0.15, -0.1) is 0 Å². The zero-order valence-corrected chi connectivity index (χ0v) is 27.1. The highest BCUT2D eigenvalue weighted by atomic mass is 16.2. The Hall–Kier alpha value is -3.59. The Labute approximate surface area is 262 Å². The Bertz CT molecular complexity index is 1280. The summed E-state index contributed by atoms with van der Waals surface area (Å²) in [5, 5.41) is 7.85. The average molecular weight is 609 g/mol. The van der Waals surface area contributed by atoms with Crippen molar-refractivity contribution in [2.24, 2.45) is 35.1 Å². The van der Waals surface area contributed by atoms with Crippen LogP contribution in [-0.2, 0) is 30.4 Å². The van der Waals surface area contributed by atoms with Crippen molar-refractivity contribution in [3.63, 3.8) is 0 Å². The lowest BCUT2D eigenvalue weighted by Gasteiger charge is -2.28. The summed E-state index contributed by atoms with van der Waals surface area (Å²) in [5.74, 6) is -3.16. The molecule has 0 saturated heterocycles. The van der Waals surface area contributed by atoms with Gasteiger partial charge in [0.15, 0.2) is 5.78 Å². The van der Waals surface area contributed by atoms with Gasteiger partial charge >= 0.3 is 0 Å². The van der Waals surface area contributed by atoms with Gasteiger partial charge in [0.2, 0.25) is 17.7 Å². The Morgan fingerprint density at radius 1 is 0.841 bits per heavy atom. The molecule has 3 amide bonds. The van der Waals surface area contributed by atoms with E-state index < -0.39 is 35.7 Å². The first-order valence-corrected chi connectivity index (χ1v) is 16.0. The lowest BCUT2D eigenvalue weighted by atomic mass is 9.86. The lowest BCUT2D eigenvalue weighted by molar-refractivity contribution is -0.135. The summed E-state index contributed by atoms with van der Waals surface area (Å²) < 4.78 is 0. The van der Waals surface area contributed by atoms with E-state index in [1.165, 1.54) is 6.92 Å². The number of ketones is 2. The normalized spacial score (nSPS) is 14.8. The average Bonchev–Trinajstić information content (AvgIpc) is 2.97. The molecule has 9 heteroatoms. The van der Waals surface area contributed by atoms with Crippen molar-refractivity contribution in [1.82, 2.24) is 10.6 Å². The van der Waals surface area contributed by atoms with Gasteiger partial charge < -0.3 is 26.9 Å². The van der Waals surface area contributed by atoms with Crippen LogP contribution < -0.4 is 22.1 Å². The first-order chi connectivity index (χ1) is 20.9. The van der Waals surface area contributed by atoms with Crippen LogP contribution in [0.4, 0.5) is 0 Å². The standard InChI is InChI=1S/C35H52N4O5/c1-6-23(4)32(31(41)21-28(13-9-10-16-36)34(43)38-30(33(37)42)17-22(2)3)39-35(44)29(18-24(5)40)20-25-14-15-26-11-7-8-12-27(26)19-25/h7-8,11-12,14-15,19,22-23,28-30,32H,6,9-10,13,16-18,20-21,36H2,1-5H3,(H2,37,42)(H,38,43)(H,39,44)/t23-,28+,29-,30-,32-/m0/s1. The van der Waals surface area contributed by atoms with Crippen LogP contribution in [0.25, 0.3) is 10.8 Å². The molecule has 9 nitrogen and oxygen atoms in total. The highest BCUT2D eigenvalue weighted by Gasteiger charge is 2.33. The second-order valence-electron chi connectivity index (χ2n) is 12.6. The van der Waals surface area contributed by atoms with Crippen molar-refractivity contribution in [1.29, 1.82) is 0 Å². The number of hydrogen-bond donors (Lipinski definition) is 4. The summed E-state index contributed by atoms with van der Waals surface area (Å²) in [7, 11) is 0. The topological polar surface area (TPSA) is 161 Å². The molecular formula is C35H52N4O5. The number of primary amides is 1. The van der Waals surface area contributed by atoms with Crippen molar-refractivity contribution >= 4 is 40.1 Å². The molecule has 44 heavy (non-hydrogen) atoms. The van der Waals surface area contributed by atoms with E-state index in [0.29, 0.717) is 45.1 Å². The minimum Gasteiger partial charge on any atom is -0.368 e. The number of nitrogens with one attached hydrogen (secondary N) is 2. The second kappa shape index (κ2) is 18.3. The number of fused-ring (bicyclic) bond motifs is 1. The zero-order chi connectivity index (χ0) is 32.8. The first-order valence-electron chi connectivity index (χ1n) is 16.0. The van der Waals surface area contributed by atoms with Crippen molar-refractivity contribution in [3.8, 4) is 0 Å². The largest absolute Gasteiger partial charge is 0.368 e. The summed E-state index contributed by atoms with van der Waals surface area (Å²) in [4.78, 5) is 65.0. The van der Waals surface area contributed by atoms with E-state index >= 15 is 0 Å². The number of nitrogens with two attached hydrogens (primary N) is 2. The third-order valence-corrected chi connectivity index (χ3v) is 8.25. The van der Waals surface area contributed by atoms with Gasteiger partial charge in [-0.1, -0.05) is 83.0 Å². The molecule has 0 fully saturated rings. The van der Waals surface area contributed by atoms with Gasteiger partial charge in [-0.05, 0) is 67.3 Å². The number of unbranched alkanes of at least 4 members (excludes halogenated alkanes) is 1. The molecule has 2 rings (SSSR count). The highest BCUT2D eigenvalue weighted by molar-refractivity contribution is 5.95. The number of Topliss-reactive ketones (excluding diaryl/α,β-unsaturated/α-hetero) is 2. The molecule has 0 spiro atoms. The predicted octanol–water partition coefficient (Wildman–Crippen LogP) is 4.23. The van der Waals surface area contributed by atoms with Gasteiger partial charge in [-0.3, -0.25) is 19.2 Å². The van der Waals surface area contributed by atoms with E-state index in [1.54, 1.807) is 0 Å². The molecule has 2 aromatic carbocycles. The molecular weight excluding hydrogens is 556 g/mol. The fraction of sp³-hybridized carbons (Fsp3) is 0.571. The molecule has 0 aromatic heterocycles. The van der Waals surface area contributed by atoms with Gasteiger partial charge in [0.1, 0.15) is 11.8 Å². The Balaban J connectivity index is 2.26. The van der Waals surface area contributed by atoms with E-state index in [2.05, 4.69) is 10.6 Å². The van der Waals surface area contributed by atoms with Crippen LogP contribution in [0.5, 0.6) is 0 Å². The molecule has 0 heterocycles. The molecule has 0 radical (unpaired) electrons. The summed E-state index contributed by atoms with van der Waals surface area (Å²) in [6, 6.07) is 12.3. The fourth-order valence-corrected chi connectivity index (χ4v) is 5.54. The van der Waals surface area contributed by atoms with Gasteiger partial charge in [0, 0.05) is 24.7 Å². The summed E-state index contributed by atoms with van der Waals surface area (Å²) in [6.45, 7) is 9.61. The second-order valence-corrected chi connectivity index (χ2v) is 12.6. The smallest absolute Gasteiger partial charge is 0.240 e. The summed E-state index contributed by atoms with van der Waals surface area (Å²) >= 11 is 0. The number of hydrogen-bond acceptors (Lipinski definition) is 6. The molecule has 0 bridgehead atoms. The number of rotatable bonds is 20. The zero-order valence-electron chi connectivity index (χ0n) is 27.1. The van der Waals surface area contributed by atoms with Gasteiger partial charge in [0.25, 0.3) is 0 Å². The summed E-state index contributed by atoms with van der Waals surface area (Å²) in [6.07, 6.45) is 3.07. The van der Waals surface area contributed by atoms with Gasteiger partial charge in [-0.25, -0.2) is 0 Å². The molecule has 0 aliphatic rings. The Kier molecular flexibility index (Phi) is 15.2. The van der Waals surface area contributed by atoms with E-state index in [4.69, 9.17) is 11.5 Å². The van der Waals surface area contributed by atoms with Crippen LogP contribution in [0.1, 0.15) is 85.1 Å². The Morgan fingerprint density at radius 3 is 2.09 bits per heavy atom. The van der Waals surface area contributed by atoms with E-state index in [9.17, 15) is 24.0 Å². The highest BCUT2D eigenvalue weighted by Crippen LogP contribution is 2.23. The van der Waals surface area contributed by atoms with Gasteiger partial charge in [0.05, 0.1) is 6.04 Å². The monoisotopic (exact) mass is 608 g/mol. The fourth-order valence-electron chi connectivity index (χ4n) is 5.54. The number of carbonyl (C=O) groups is 5. The predicted molar refractivity (Wildman–Crippen MR) is 174 cm³/mol. The quantitative estimate of drug-likeness (QED) is 0.165. The first kappa shape index (κ1) is 36.6. The molecule has 2 aromatic rings. The third-order valence-electron chi connectivity index (χ3n) is 8.25. The van der Waals surface area contributed by atoms with Crippen molar-refractivity contribution in [3.05, 3.63) is 48.0 Å². The van der Waals surface area contributed by atoms with Crippen molar-refractivity contribution in [2.45, 2.75) is 98.1 Å². The van der Waals surface area contributed by atoms with Gasteiger partial charge in [-0.2, -0.15) is 0 Å². The van der Waals surface area contributed by atoms with Crippen LogP contribution >= 0.6 is 0 Å². The molecule has 5 atom stereocenters. The van der Waals surface area contributed by atoms with Crippen LogP contribution in [0.15, 0.2) is 42.5 Å². The third kappa shape index (κ3) is 11.8. The molecule has 242 valence electrons. The SMILES string of the molecule is CC[C@H](C)[C@H](NC(=O)[C@@H](CC(C)=O)Cc1ccc2ccccc2c1)C(=O)C[C@@H](CCCCN)C(=O)N[C@@H](CC(C)C)C(N)=O. The molecule has 6 N–H and O–H groups in total. The number of benzene rings is 2. The minimum atomic E-state index is -0.831. The van der Waals surface area contributed by atoms with E-state index in [1.807, 2.05) is 70.2 Å². The van der Waals surface area contributed by atoms with E-state index in [-0.39, 0.29) is 42.2 Å². The van der Waals surface area contributed by atoms with Crippen LogP contribution in [-0.4, -0.2) is 47.9 Å². The molecule has 0 aliphatic carbocycles. The van der Waals surface area contributed by atoms with Crippen molar-refractivity contribution < 1.29 is 24.0 Å². The maximum absolute atomic E-state index is 13.8. The maximum Gasteiger partial charge on any atom is 0.240 e. The minimum absolute atomic E-state index is 0.0502. The van der Waals surface area contributed by atoms with Crippen LogP contribution in [0.2, 0.25) is 0 Å². The molecule has 0 unspecified atom stereocenters. The molecule has 0 saturated carbocycles.